The SMILES string of the molecule is CCC(F)CC(F)[C@H](F)C(F)F. The molecule has 0 aromatic rings. The maximum absolute atomic E-state index is 12.4. The molecular weight excluding hydrogens is 179 g/mol. The highest BCUT2D eigenvalue weighted by Gasteiger charge is 2.31. The third-order valence-electron chi connectivity index (χ3n) is 1.51. The maximum Gasteiger partial charge on any atom is 0.272 e. The molecule has 0 saturated carbocycles. The number of hydrogen-bond donors (Lipinski definition) is 0. The van der Waals surface area contributed by atoms with Crippen molar-refractivity contribution in [2.24, 2.45) is 0 Å². The molecule has 0 aromatic heterocycles. The Hall–Kier alpha value is -0.350. The minimum atomic E-state index is -3.37. The number of hydrogen-bond acceptors (Lipinski definition) is 0. The summed E-state index contributed by atoms with van der Waals surface area (Å²) < 4.78 is 59.9. The molecule has 2 unspecified atom stereocenters. The second kappa shape index (κ2) is 5.32. The Morgan fingerprint density at radius 2 is 1.50 bits per heavy atom. The third-order valence-corrected chi connectivity index (χ3v) is 1.51. The largest absolute Gasteiger partial charge is 0.272 e. The van der Waals surface area contributed by atoms with Gasteiger partial charge in [0, 0.05) is 6.42 Å². The molecule has 0 radical (unpaired) electrons. The highest BCUT2D eigenvalue weighted by molar-refractivity contribution is 4.73. The smallest absolute Gasteiger partial charge is 0.247 e. The van der Waals surface area contributed by atoms with Gasteiger partial charge in [0.2, 0.25) is 0 Å². The molecule has 0 heterocycles. The van der Waals surface area contributed by atoms with Crippen LogP contribution in [-0.4, -0.2) is 24.9 Å². The summed E-state index contributed by atoms with van der Waals surface area (Å²) in [5, 5.41) is 0. The number of rotatable bonds is 5. The molecule has 0 aromatic carbocycles. The molecule has 0 N–H and O–H groups in total. The molecule has 0 spiro atoms. The Bertz CT molecular complexity index is 116. The second-order valence-electron chi connectivity index (χ2n) is 2.54. The zero-order valence-electron chi connectivity index (χ0n) is 6.61. The number of halogens is 5. The molecule has 0 amide bonds. The molecule has 0 nitrogen and oxygen atoms in total. The normalized spacial score (nSPS) is 19.2. The Labute approximate surface area is 67.8 Å². The lowest BCUT2D eigenvalue weighted by Crippen LogP contribution is -2.27. The van der Waals surface area contributed by atoms with Gasteiger partial charge in [-0.25, -0.2) is 22.0 Å². The molecule has 5 heteroatoms. The van der Waals surface area contributed by atoms with Gasteiger partial charge >= 0.3 is 0 Å². The van der Waals surface area contributed by atoms with Crippen LogP contribution in [0.25, 0.3) is 0 Å². The van der Waals surface area contributed by atoms with E-state index in [0.29, 0.717) is 0 Å². The third kappa shape index (κ3) is 3.88. The standard InChI is InChI=1S/C7H11F5/c1-2-4(8)3-5(9)6(10)7(11)12/h4-7H,2-3H2,1H3/t4?,5?,6-/m0/s1. The van der Waals surface area contributed by atoms with Crippen LogP contribution in [0.5, 0.6) is 0 Å². The molecule has 0 aliphatic rings. The van der Waals surface area contributed by atoms with E-state index in [0.717, 1.165) is 0 Å². The van der Waals surface area contributed by atoms with E-state index in [2.05, 4.69) is 0 Å². The van der Waals surface area contributed by atoms with Crippen molar-refractivity contribution in [1.82, 2.24) is 0 Å². The fraction of sp³-hybridized carbons (Fsp3) is 1.00. The van der Waals surface area contributed by atoms with Crippen LogP contribution < -0.4 is 0 Å². The fourth-order valence-corrected chi connectivity index (χ4v) is 0.699. The first-order valence-corrected chi connectivity index (χ1v) is 3.69. The van der Waals surface area contributed by atoms with E-state index in [4.69, 9.17) is 0 Å². The van der Waals surface area contributed by atoms with E-state index in [1.807, 2.05) is 0 Å². The molecule has 12 heavy (non-hydrogen) atoms. The highest BCUT2D eigenvalue weighted by Crippen LogP contribution is 2.19. The Morgan fingerprint density at radius 1 is 1.00 bits per heavy atom. The van der Waals surface area contributed by atoms with Gasteiger partial charge in [-0.15, -0.1) is 0 Å². The average molecular weight is 190 g/mol. The first kappa shape index (κ1) is 11.6. The quantitative estimate of drug-likeness (QED) is 0.584. The molecule has 0 aliphatic heterocycles. The van der Waals surface area contributed by atoms with Gasteiger partial charge in [-0.3, -0.25) is 0 Å². The lowest BCUT2D eigenvalue weighted by molar-refractivity contribution is -0.00576. The van der Waals surface area contributed by atoms with Crippen molar-refractivity contribution < 1.29 is 22.0 Å². The molecule has 3 atom stereocenters. The molecule has 0 aliphatic carbocycles. The molecule has 0 fully saturated rings. The summed E-state index contributed by atoms with van der Waals surface area (Å²) in [4.78, 5) is 0. The van der Waals surface area contributed by atoms with Crippen molar-refractivity contribution >= 4 is 0 Å². The Kier molecular flexibility index (Phi) is 5.17. The van der Waals surface area contributed by atoms with Gasteiger partial charge in [0.1, 0.15) is 12.3 Å². The molecule has 0 rings (SSSR count). The van der Waals surface area contributed by atoms with Crippen LogP contribution in [0.4, 0.5) is 22.0 Å². The van der Waals surface area contributed by atoms with Gasteiger partial charge in [0.25, 0.3) is 6.43 Å². The average Bonchev–Trinajstić information content (AvgIpc) is 2.02. The minimum absolute atomic E-state index is 0.0103. The van der Waals surface area contributed by atoms with Crippen LogP contribution in [0.2, 0.25) is 0 Å². The number of alkyl halides is 5. The van der Waals surface area contributed by atoms with Crippen LogP contribution >= 0.6 is 0 Å². The zero-order chi connectivity index (χ0) is 9.72. The minimum Gasteiger partial charge on any atom is -0.247 e. The van der Waals surface area contributed by atoms with E-state index < -0.39 is 31.4 Å². The maximum atomic E-state index is 12.4. The van der Waals surface area contributed by atoms with Crippen LogP contribution in [0, 0.1) is 0 Å². The van der Waals surface area contributed by atoms with Crippen molar-refractivity contribution in [1.29, 1.82) is 0 Å². The Morgan fingerprint density at radius 3 is 1.83 bits per heavy atom. The lowest BCUT2D eigenvalue weighted by Gasteiger charge is -2.13. The van der Waals surface area contributed by atoms with Crippen molar-refractivity contribution in [2.45, 2.75) is 44.7 Å². The van der Waals surface area contributed by atoms with Crippen LogP contribution in [0.3, 0.4) is 0 Å². The zero-order valence-corrected chi connectivity index (χ0v) is 6.61. The van der Waals surface area contributed by atoms with Gasteiger partial charge < -0.3 is 0 Å². The van der Waals surface area contributed by atoms with Gasteiger partial charge in [-0.05, 0) is 6.42 Å². The first-order valence-electron chi connectivity index (χ1n) is 3.69. The van der Waals surface area contributed by atoms with E-state index in [9.17, 15) is 22.0 Å². The van der Waals surface area contributed by atoms with Crippen molar-refractivity contribution in [2.75, 3.05) is 0 Å². The molecular formula is C7H11F5. The van der Waals surface area contributed by atoms with Crippen LogP contribution in [0.15, 0.2) is 0 Å². The second-order valence-corrected chi connectivity index (χ2v) is 2.54. The van der Waals surface area contributed by atoms with Crippen LogP contribution in [0.1, 0.15) is 19.8 Å². The summed E-state index contributed by atoms with van der Waals surface area (Å²) in [7, 11) is 0. The van der Waals surface area contributed by atoms with E-state index in [-0.39, 0.29) is 6.42 Å². The molecule has 0 bridgehead atoms. The first-order chi connectivity index (χ1) is 5.49. The van der Waals surface area contributed by atoms with Crippen molar-refractivity contribution in [3.63, 3.8) is 0 Å². The van der Waals surface area contributed by atoms with Crippen LogP contribution in [-0.2, 0) is 0 Å². The van der Waals surface area contributed by atoms with Gasteiger partial charge in [-0.2, -0.15) is 0 Å². The predicted octanol–water partition coefficient (Wildman–Crippen LogP) is 3.07. The summed E-state index contributed by atoms with van der Waals surface area (Å²) >= 11 is 0. The summed E-state index contributed by atoms with van der Waals surface area (Å²) in [6.45, 7) is 1.44. The molecule has 74 valence electrons. The Balaban J connectivity index is 3.78. The summed E-state index contributed by atoms with van der Waals surface area (Å²) in [6.07, 6.45) is -11.0. The monoisotopic (exact) mass is 190 g/mol. The lowest BCUT2D eigenvalue weighted by atomic mass is 10.1. The van der Waals surface area contributed by atoms with Crippen molar-refractivity contribution in [3.05, 3.63) is 0 Å². The van der Waals surface area contributed by atoms with E-state index in [1.165, 1.54) is 6.92 Å². The van der Waals surface area contributed by atoms with E-state index >= 15 is 0 Å². The summed E-state index contributed by atoms with van der Waals surface area (Å²) in [6, 6.07) is 0. The highest BCUT2D eigenvalue weighted by atomic mass is 19.3. The van der Waals surface area contributed by atoms with Gasteiger partial charge in [0.15, 0.2) is 6.17 Å². The fourth-order valence-electron chi connectivity index (χ4n) is 0.699. The topological polar surface area (TPSA) is 0 Å². The van der Waals surface area contributed by atoms with E-state index in [1.54, 1.807) is 0 Å². The van der Waals surface area contributed by atoms with Gasteiger partial charge in [-0.1, -0.05) is 6.92 Å². The summed E-state index contributed by atoms with van der Waals surface area (Å²) in [5.41, 5.74) is 0. The van der Waals surface area contributed by atoms with Crippen molar-refractivity contribution in [3.8, 4) is 0 Å². The predicted molar refractivity (Wildman–Crippen MR) is 35.6 cm³/mol. The van der Waals surface area contributed by atoms with Gasteiger partial charge in [0.05, 0.1) is 0 Å². The summed E-state index contributed by atoms with van der Waals surface area (Å²) in [5.74, 6) is 0. The molecule has 0 saturated heterocycles.